The second kappa shape index (κ2) is 8.65. The number of carbonyl (C=O) groups excluding carboxylic acids is 3. The van der Waals surface area contributed by atoms with Gasteiger partial charge < -0.3 is 5.32 Å². The first kappa shape index (κ1) is 23.9. The lowest BCUT2D eigenvalue weighted by Crippen LogP contribution is -2.54. The summed E-state index contributed by atoms with van der Waals surface area (Å²) in [6.45, 7) is 6.35. The van der Waals surface area contributed by atoms with Crippen LogP contribution in [0, 0.1) is 0 Å². The van der Waals surface area contributed by atoms with E-state index < -0.39 is 33.4 Å². The lowest BCUT2D eigenvalue weighted by Gasteiger charge is -2.37. The summed E-state index contributed by atoms with van der Waals surface area (Å²) in [5, 5.41) is 3.03. The fraction of sp³-hybridized carbons (Fsp3) is 0.318. The van der Waals surface area contributed by atoms with Crippen molar-refractivity contribution in [1.82, 2.24) is 4.31 Å². The molecule has 2 aromatic rings. The quantitative estimate of drug-likeness (QED) is 0.664. The summed E-state index contributed by atoms with van der Waals surface area (Å²) in [4.78, 5) is 38.2. The molecule has 2 aromatic carbocycles. The average molecular weight is 478 g/mol. The van der Waals surface area contributed by atoms with Gasteiger partial charge in [-0.2, -0.15) is 4.31 Å². The van der Waals surface area contributed by atoms with Gasteiger partial charge in [-0.05, 0) is 69.3 Å². The molecule has 0 aliphatic carbocycles. The molecule has 10 heteroatoms. The van der Waals surface area contributed by atoms with E-state index in [4.69, 9.17) is 11.6 Å². The number of nitrogens with one attached hydrogen (secondary N) is 1. The van der Waals surface area contributed by atoms with Gasteiger partial charge in [-0.15, -0.1) is 0 Å². The minimum absolute atomic E-state index is 0.0493. The SMILES string of the molecule is CC(=O)Nc1ccc(S(=O)(=O)N(C2CC(=O)N(c3ccc(Cl)cc3)C2=O)C(C)(C)C)cc1. The molecule has 170 valence electrons. The standard InChI is InChI=1S/C22H24ClN3O5S/c1-14(27)24-16-7-11-18(12-8-16)32(30,31)26(22(2,3)4)19-13-20(28)25(21(19)29)17-9-5-15(23)6-10-17/h5-12,19H,13H2,1-4H3,(H,24,27). The number of carbonyl (C=O) groups is 3. The highest BCUT2D eigenvalue weighted by Gasteiger charge is 2.50. The normalized spacial score (nSPS) is 17.2. The summed E-state index contributed by atoms with van der Waals surface area (Å²) in [7, 11) is -4.16. The Morgan fingerprint density at radius 2 is 1.62 bits per heavy atom. The Morgan fingerprint density at radius 1 is 1.06 bits per heavy atom. The highest BCUT2D eigenvalue weighted by atomic mass is 35.5. The first-order valence-electron chi connectivity index (χ1n) is 9.87. The van der Waals surface area contributed by atoms with Crippen molar-refractivity contribution < 1.29 is 22.8 Å². The number of anilines is 2. The minimum Gasteiger partial charge on any atom is -0.326 e. The average Bonchev–Trinajstić information content (AvgIpc) is 2.95. The Kier molecular flexibility index (Phi) is 6.46. The van der Waals surface area contributed by atoms with Crippen molar-refractivity contribution >= 4 is 50.7 Å². The van der Waals surface area contributed by atoms with E-state index in [1.54, 1.807) is 32.9 Å². The molecular formula is C22H24ClN3O5S. The zero-order chi connectivity index (χ0) is 23.8. The van der Waals surface area contributed by atoms with Gasteiger partial charge in [0.2, 0.25) is 21.8 Å². The van der Waals surface area contributed by atoms with Gasteiger partial charge in [0.1, 0.15) is 6.04 Å². The summed E-state index contributed by atoms with van der Waals surface area (Å²) in [5.41, 5.74) is -0.219. The van der Waals surface area contributed by atoms with Crippen molar-refractivity contribution in [2.75, 3.05) is 10.2 Å². The number of imide groups is 1. The topological polar surface area (TPSA) is 104 Å². The van der Waals surface area contributed by atoms with Crippen molar-refractivity contribution in [2.24, 2.45) is 0 Å². The van der Waals surface area contributed by atoms with Gasteiger partial charge in [0.25, 0.3) is 5.91 Å². The molecule has 32 heavy (non-hydrogen) atoms. The van der Waals surface area contributed by atoms with Crippen molar-refractivity contribution in [1.29, 1.82) is 0 Å². The van der Waals surface area contributed by atoms with Gasteiger partial charge in [-0.3, -0.25) is 14.4 Å². The van der Waals surface area contributed by atoms with Crippen LogP contribution in [-0.2, 0) is 24.4 Å². The predicted octanol–water partition coefficient (Wildman–Crippen LogP) is 3.42. The molecule has 1 saturated heterocycles. The Labute approximate surface area is 192 Å². The zero-order valence-electron chi connectivity index (χ0n) is 18.1. The third-order valence-electron chi connectivity index (χ3n) is 4.88. The molecule has 0 bridgehead atoms. The second-order valence-electron chi connectivity index (χ2n) is 8.44. The van der Waals surface area contributed by atoms with E-state index in [1.807, 2.05) is 0 Å². The predicted molar refractivity (Wildman–Crippen MR) is 122 cm³/mol. The van der Waals surface area contributed by atoms with Gasteiger partial charge >= 0.3 is 0 Å². The number of amides is 3. The third kappa shape index (κ3) is 4.69. The molecular weight excluding hydrogens is 454 g/mol. The van der Waals surface area contributed by atoms with Crippen LogP contribution in [0.1, 0.15) is 34.1 Å². The molecule has 0 spiro atoms. The number of sulfonamides is 1. The van der Waals surface area contributed by atoms with Crippen molar-refractivity contribution in [3.8, 4) is 0 Å². The Hall–Kier alpha value is -2.75. The molecule has 1 heterocycles. The summed E-state index contributed by atoms with van der Waals surface area (Å²) < 4.78 is 28.2. The maximum Gasteiger partial charge on any atom is 0.252 e. The van der Waals surface area contributed by atoms with E-state index in [9.17, 15) is 22.8 Å². The van der Waals surface area contributed by atoms with Crippen LogP contribution in [0.5, 0.6) is 0 Å². The first-order chi connectivity index (χ1) is 14.8. The van der Waals surface area contributed by atoms with E-state index in [1.165, 1.54) is 43.3 Å². The molecule has 0 saturated carbocycles. The van der Waals surface area contributed by atoms with E-state index in [0.717, 1.165) is 9.21 Å². The van der Waals surface area contributed by atoms with E-state index in [2.05, 4.69) is 5.32 Å². The Bertz CT molecular complexity index is 1160. The number of rotatable bonds is 5. The van der Waals surface area contributed by atoms with Crippen LogP contribution in [0.3, 0.4) is 0 Å². The highest BCUT2D eigenvalue weighted by molar-refractivity contribution is 7.89. The summed E-state index contributed by atoms with van der Waals surface area (Å²) in [5.74, 6) is -1.40. The molecule has 3 rings (SSSR count). The van der Waals surface area contributed by atoms with Crippen LogP contribution < -0.4 is 10.2 Å². The van der Waals surface area contributed by atoms with Crippen molar-refractivity contribution in [2.45, 2.75) is 50.6 Å². The number of hydrogen-bond donors (Lipinski definition) is 1. The molecule has 1 unspecified atom stereocenters. The smallest absolute Gasteiger partial charge is 0.252 e. The fourth-order valence-corrected chi connectivity index (χ4v) is 5.74. The fourth-order valence-electron chi connectivity index (χ4n) is 3.68. The minimum atomic E-state index is -4.16. The van der Waals surface area contributed by atoms with E-state index in [0.29, 0.717) is 16.4 Å². The number of halogens is 1. The maximum absolute atomic E-state index is 13.6. The van der Waals surface area contributed by atoms with Gasteiger partial charge in [0, 0.05) is 23.2 Å². The second-order valence-corrected chi connectivity index (χ2v) is 10.7. The molecule has 1 N–H and O–H groups in total. The van der Waals surface area contributed by atoms with Crippen LogP contribution >= 0.6 is 11.6 Å². The van der Waals surface area contributed by atoms with Gasteiger partial charge in [-0.1, -0.05) is 11.6 Å². The van der Waals surface area contributed by atoms with Gasteiger partial charge in [0.05, 0.1) is 17.0 Å². The van der Waals surface area contributed by atoms with Crippen LogP contribution in [-0.4, -0.2) is 42.0 Å². The zero-order valence-corrected chi connectivity index (χ0v) is 19.7. The molecule has 1 fully saturated rings. The van der Waals surface area contributed by atoms with E-state index >= 15 is 0 Å². The molecule has 1 aliphatic heterocycles. The maximum atomic E-state index is 13.6. The highest BCUT2D eigenvalue weighted by Crippen LogP contribution is 2.34. The molecule has 0 radical (unpaired) electrons. The summed E-state index contributed by atoms with van der Waals surface area (Å²) in [6.07, 6.45) is -0.276. The molecule has 1 atom stereocenters. The molecule has 1 aliphatic rings. The summed E-state index contributed by atoms with van der Waals surface area (Å²) in [6, 6.07) is 10.6. The van der Waals surface area contributed by atoms with E-state index in [-0.39, 0.29) is 17.2 Å². The molecule has 0 aromatic heterocycles. The van der Waals surface area contributed by atoms with Crippen LogP contribution in [0.2, 0.25) is 5.02 Å². The largest absolute Gasteiger partial charge is 0.326 e. The first-order valence-corrected chi connectivity index (χ1v) is 11.7. The van der Waals surface area contributed by atoms with Crippen molar-refractivity contribution in [3.63, 3.8) is 0 Å². The van der Waals surface area contributed by atoms with Gasteiger partial charge in [0.15, 0.2) is 0 Å². The Morgan fingerprint density at radius 3 is 2.12 bits per heavy atom. The van der Waals surface area contributed by atoms with Crippen LogP contribution in [0.25, 0.3) is 0 Å². The lowest BCUT2D eigenvalue weighted by molar-refractivity contribution is -0.122. The monoisotopic (exact) mass is 477 g/mol. The van der Waals surface area contributed by atoms with Crippen LogP contribution in [0.15, 0.2) is 53.4 Å². The number of hydrogen-bond acceptors (Lipinski definition) is 5. The van der Waals surface area contributed by atoms with Gasteiger partial charge in [-0.25, -0.2) is 13.3 Å². The Balaban J connectivity index is 1.99. The number of benzene rings is 2. The molecule has 3 amide bonds. The third-order valence-corrected chi connectivity index (χ3v) is 7.32. The summed E-state index contributed by atoms with van der Waals surface area (Å²) >= 11 is 5.90. The lowest BCUT2D eigenvalue weighted by atomic mass is 10.1. The molecule has 8 nitrogen and oxygen atoms in total. The van der Waals surface area contributed by atoms with Crippen LogP contribution in [0.4, 0.5) is 11.4 Å². The van der Waals surface area contributed by atoms with Crippen molar-refractivity contribution in [3.05, 3.63) is 53.6 Å². The number of nitrogens with zero attached hydrogens (tertiary/aromatic N) is 2.